The lowest BCUT2D eigenvalue weighted by Crippen LogP contribution is -2.40. The first-order valence-corrected chi connectivity index (χ1v) is 11.3. The van der Waals surface area contributed by atoms with Gasteiger partial charge in [-0.15, -0.1) is 0 Å². The number of amides is 1. The van der Waals surface area contributed by atoms with E-state index in [-0.39, 0.29) is 18.1 Å². The zero-order chi connectivity index (χ0) is 21.3. The smallest absolute Gasteiger partial charge is 0.251 e. The SMILES string of the molecule is O=C(NC[C@@H]1COCCO1)c1cccc(OC2CCN(CCc3ccccc3)CC2)c1. The number of rotatable bonds is 8. The Morgan fingerprint density at radius 2 is 1.90 bits per heavy atom. The number of ether oxygens (including phenoxy) is 3. The first kappa shape index (κ1) is 21.8. The highest BCUT2D eigenvalue weighted by atomic mass is 16.6. The molecule has 1 atom stereocenters. The van der Waals surface area contributed by atoms with Crippen molar-refractivity contribution >= 4 is 5.91 Å². The molecule has 0 spiro atoms. The van der Waals surface area contributed by atoms with Crippen LogP contribution in [-0.2, 0) is 15.9 Å². The molecule has 2 aromatic rings. The van der Waals surface area contributed by atoms with Gasteiger partial charge in [0.1, 0.15) is 11.9 Å². The summed E-state index contributed by atoms with van der Waals surface area (Å²) in [5.74, 6) is 0.642. The Balaban J connectivity index is 1.20. The van der Waals surface area contributed by atoms with Crippen molar-refractivity contribution in [2.45, 2.75) is 31.5 Å². The molecule has 0 aliphatic carbocycles. The first-order valence-electron chi connectivity index (χ1n) is 11.3. The van der Waals surface area contributed by atoms with Crippen molar-refractivity contribution < 1.29 is 19.0 Å². The molecular formula is C25H32N2O4. The van der Waals surface area contributed by atoms with Gasteiger partial charge in [0.25, 0.3) is 5.91 Å². The number of piperidine rings is 1. The summed E-state index contributed by atoms with van der Waals surface area (Å²) in [7, 11) is 0. The van der Waals surface area contributed by atoms with E-state index in [0.717, 1.165) is 44.6 Å². The summed E-state index contributed by atoms with van der Waals surface area (Å²) in [5.41, 5.74) is 1.99. The molecule has 6 heteroatoms. The lowest BCUT2D eigenvalue weighted by molar-refractivity contribution is -0.0855. The first-order chi connectivity index (χ1) is 15.3. The van der Waals surface area contributed by atoms with Gasteiger partial charge in [0.05, 0.1) is 25.9 Å². The highest BCUT2D eigenvalue weighted by molar-refractivity contribution is 5.94. The Hall–Kier alpha value is -2.41. The number of benzene rings is 2. The molecule has 2 aliphatic heterocycles. The van der Waals surface area contributed by atoms with E-state index in [1.807, 2.05) is 24.3 Å². The van der Waals surface area contributed by atoms with Gasteiger partial charge in [-0.05, 0) is 43.0 Å². The van der Waals surface area contributed by atoms with Crippen LogP contribution in [-0.4, -0.2) is 69.0 Å². The van der Waals surface area contributed by atoms with Crippen LogP contribution in [0.1, 0.15) is 28.8 Å². The number of nitrogens with one attached hydrogen (secondary N) is 1. The molecule has 2 aliphatic rings. The number of carbonyl (C=O) groups excluding carboxylic acids is 1. The van der Waals surface area contributed by atoms with Crippen molar-refractivity contribution in [3.05, 3.63) is 65.7 Å². The van der Waals surface area contributed by atoms with Crippen molar-refractivity contribution in [3.8, 4) is 5.75 Å². The minimum atomic E-state index is -0.115. The fourth-order valence-corrected chi connectivity index (χ4v) is 4.05. The van der Waals surface area contributed by atoms with E-state index in [4.69, 9.17) is 14.2 Å². The lowest BCUT2D eigenvalue weighted by Gasteiger charge is -2.32. The molecule has 0 bridgehead atoms. The van der Waals surface area contributed by atoms with Crippen LogP contribution in [0.25, 0.3) is 0 Å². The minimum absolute atomic E-state index is 0.0794. The van der Waals surface area contributed by atoms with E-state index in [1.54, 1.807) is 0 Å². The van der Waals surface area contributed by atoms with E-state index in [9.17, 15) is 4.79 Å². The predicted octanol–water partition coefficient (Wildman–Crippen LogP) is 2.92. The van der Waals surface area contributed by atoms with Gasteiger partial charge in [0, 0.05) is 31.7 Å². The fraction of sp³-hybridized carbons (Fsp3) is 0.480. The summed E-state index contributed by atoms with van der Waals surface area (Å²) in [6, 6.07) is 18.1. The predicted molar refractivity (Wildman–Crippen MR) is 120 cm³/mol. The molecule has 2 saturated heterocycles. The molecule has 2 aromatic carbocycles. The highest BCUT2D eigenvalue weighted by Crippen LogP contribution is 2.20. The Bertz CT molecular complexity index is 815. The van der Waals surface area contributed by atoms with Crippen LogP contribution in [0.15, 0.2) is 54.6 Å². The van der Waals surface area contributed by atoms with Gasteiger partial charge in [-0.3, -0.25) is 4.79 Å². The van der Waals surface area contributed by atoms with Gasteiger partial charge >= 0.3 is 0 Å². The van der Waals surface area contributed by atoms with Crippen LogP contribution >= 0.6 is 0 Å². The molecule has 1 amide bonds. The summed E-state index contributed by atoms with van der Waals surface area (Å²) >= 11 is 0. The zero-order valence-electron chi connectivity index (χ0n) is 18.0. The third-order valence-corrected chi connectivity index (χ3v) is 5.87. The van der Waals surface area contributed by atoms with Crippen molar-refractivity contribution in [3.63, 3.8) is 0 Å². The molecule has 0 unspecified atom stereocenters. The van der Waals surface area contributed by atoms with Gasteiger partial charge < -0.3 is 24.4 Å². The molecule has 0 saturated carbocycles. The van der Waals surface area contributed by atoms with Crippen LogP contribution in [0.5, 0.6) is 5.75 Å². The zero-order valence-corrected chi connectivity index (χ0v) is 18.0. The number of hydrogen-bond donors (Lipinski definition) is 1. The van der Waals surface area contributed by atoms with E-state index in [2.05, 4.69) is 40.5 Å². The maximum Gasteiger partial charge on any atom is 0.251 e. The second-order valence-corrected chi connectivity index (χ2v) is 8.20. The monoisotopic (exact) mass is 424 g/mol. The van der Waals surface area contributed by atoms with E-state index in [1.165, 1.54) is 5.56 Å². The van der Waals surface area contributed by atoms with E-state index >= 15 is 0 Å². The summed E-state index contributed by atoms with van der Waals surface area (Å²) in [6.07, 6.45) is 3.21. The van der Waals surface area contributed by atoms with Crippen LogP contribution in [0.2, 0.25) is 0 Å². The Kier molecular flexibility index (Phi) is 7.93. The van der Waals surface area contributed by atoms with Crippen LogP contribution < -0.4 is 10.1 Å². The molecule has 0 aromatic heterocycles. The summed E-state index contributed by atoms with van der Waals surface area (Å²) < 4.78 is 17.1. The standard InChI is InChI=1S/C25H32N2O4/c28-25(26-18-24-19-29-15-16-30-24)21-7-4-8-23(17-21)31-22-10-13-27(14-11-22)12-9-20-5-2-1-3-6-20/h1-8,17,22,24H,9-16,18-19H2,(H,26,28)/t24-/m1/s1. The molecule has 0 radical (unpaired) electrons. The van der Waals surface area contributed by atoms with Gasteiger partial charge in [0.2, 0.25) is 0 Å². The molecule has 1 N–H and O–H groups in total. The molecule has 2 fully saturated rings. The quantitative estimate of drug-likeness (QED) is 0.706. The number of carbonyl (C=O) groups is 1. The normalized spacial score (nSPS) is 20.3. The molecule has 31 heavy (non-hydrogen) atoms. The van der Waals surface area contributed by atoms with Gasteiger partial charge in [-0.1, -0.05) is 36.4 Å². The van der Waals surface area contributed by atoms with Crippen molar-refractivity contribution in [2.75, 3.05) is 46.0 Å². The average Bonchev–Trinajstić information content (AvgIpc) is 2.83. The lowest BCUT2D eigenvalue weighted by atomic mass is 10.1. The Morgan fingerprint density at radius 3 is 2.68 bits per heavy atom. The molecular weight excluding hydrogens is 392 g/mol. The second-order valence-electron chi connectivity index (χ2n) is 8.20. The van der Waals surface area contributed by atoms with E-state index < -0.39 is 0 Å². The summed E-state index contributed by atoms with van der Waals surface area (Å²) in [6.45, 7) is 5.34. The van der Waals surface area contributed by atoms with Gasteiger partial charge in [0.15, 0.2) is 0 Å². The van der Waals surface area contributed by atoms with Crippen LogP contribution in [0, 0.1) is 0 Å². The van der Waals surface area contributed by atoms with Crippen LogP contribution in [0.4, 0.5) is 0 Å². The number of likely N-dealkylation sites (tertiary alicyclic amines) is 1. The molecule has 2 heterocycles. The van der Waals surface area contributed by atoms with Crippen molar-refractivity contribution in [2.24, 2.45) is 0 Å². The van der Waals surface area contributed by atoms with Gasteiger partial charge in [-0.2, -0.15) is 0 Å². The Morgan fingerprint density at radius 1 is 1.06 bits per heavy atom. The third-order valence-electron chi connectivity index (χ3n) is 5.87. The highest BCUT2D eigenvalue weighted by Gasteiger charge is 2.21. The van der Waals surface area contributed by atoms with Crippen molar-refractivity contribution in [1.82, 2.24) is 10.2 Å². The summed E-state index contributed by atoms with van der Waals surface area (Å²) in [4.78, 5) is 15.0. The largest absolute Gasteiger partial charge is 0.490 e. The second kappa shape index (κ2) is 11.3. The maximum absolute atomic E-state index is 12.5. The summed E-state index contributed by atoms with van der Waals surface area (Å²) in [5, 5.41) is 2.93. The maximum atomic E-state index is 12.5. The molecule has 166 valence electrons. The average molecular weight is 425 g/mol. The third kappa shape index (κ3) is 6.79. The van der Waals surface area contributed by atoms with Crippen LogP contribution in [0.3, 0.4) is 0 Å². The fourth-order valence-electron chi connectivity index (χ4n) is 4.05. The molecule has 4 rings (SSSR count). The minimum Gasteiger partial charge on any atom is -0.490 e. The van der Waals surface area contributed by atoms with E-state index in [0.29, 0.717) is 31.9 Å². The number of nitrogens with zero attached hydrogens (tertiary/aromatic N) is 1. The number of hydrogen-bond acceptors (Lipinski definition) is 5. The topological polar surface area (TPSA) is 60.0 Å². The van der Waals surface area contributed by atoms with Gasteiger partial charge in [-0.25, -0.2) is 0 Å². The Labute approximate surface area is 184 Å². The molecule has 6 nitrogen and oxygen atoms in total. The van der Waals surface area contributed by atoms with Crippen molar-refractivity contribution in [1.29, 1.82) is 0 Å².